The molecule has 1 atom stereocenters. The van der Waals surface area contributed by atoms with Crippen LogP contribution in [0.5, 0.6) is 5.75 Å². The molecule has 0 saturated carbocycles. The maximum atomic E-state index is 12.7. The van der Waals surface area contributed by atoms with Gasteiger partial charge in [-0.15, -0.1) is 0 Å². The second kappa shape index (κ2) is 7.40. The van der Waals surface area contributed by atoms with Crippen LogP contribution >= 0.6 is 11.6 Å². The number of hydrogen-bond donors (Lipinski definition) is 0. The third-order valence-electron chi connectivity index (χ3n) is 4.46. The minimum absolute atomic E-state index is 0.0379. The molecule has 0 unspecified atom stereocenters. The predicted octanol–water partition coefficient (Wildman–Crippen LogP) is 1.95. The van der Waals surface area contributed by atoms with Gasteiger partial charge in [-0.25, -0.2) is 0 Å². The monoisotopic (exact) mass is 352 g/mol. The van der Waals surface area contributed by atoms with E-state index < -0.39 is 0 Å². The van der Waals surface area contributed by atoms with E-state index in [9.17, 15) is 9.59 Å². The quantitative estimate of drug-likeness (QED) is 0.834. The number of benzene rings is 1. The summed E-state index contributed by atoms with van der Waals surface area (Å²) in [6, 6.07) is 5.21. The summed E-state index contributed by atoms with van der Waals surface area (Å²) < 4.78 is 10.5. The van der Waals surface area contributed by atoms with Crippen molar-refractivity contribution in [1.82, 2.24) is 4.90 Å². The average Bonchev–Trinajstić information content (AvgIpc) is 2.79. The molecule has 7 heteroatoms. The highest BCUT2D eigenvalue weighted by atomic mass is 35.5. The third-order valence-corrected chi connectivity index (χ3v) is 4.75. The van der Waals surface area contributed by atoms with Gasteiger partial charge in [-0.1, -0.05) is 11.6 Å². The molecule has 2 aliphatic heterocycles. The van der Waals surface area contributed by atoms with Crippen LogP contribution in [0.15, 0.2) is 18.2 Å². The summed E-state index contributed by atoms with van der Waals surface area (Å²) in [6.45, 7) is 2.92. The number of hydrogen-bond acceptors (Lipinski definition) is 4. The molecular weight excluding hydrogens is 332 g/mol. The molecule has 0 aliphatic carbocycles. The van der Waals surface area contributed by atoms with Crippen molar-refractivity contribution in [3.05, 3.63) is 23.2 Å². The lowest BCUT2D eigenvalue weighted by Gasteiger charge is -2.23. The molecule has 2 fully saturated rings. The number of rotatable bonds is 3. The van der Waals surface area contributed by atoms with E-state index in [0.29, 0.717) is 49.3 Å². The second-order valence-corrected chi connectivity index (χ2v) is 6.42. The molecule has 0 radical (unpaired) electrons. The Labute approximate surface area is 146 Å². The van der Waals surface area contributed by atoms with Gasteiger partial charge in [0.1, 0.15) is 5.75 Å². The molecule has 0 aromatic heterocycles. The van der Waals surface area contributed by atoms with Gasteiger partial charge in [0.2, 0.25) is 11.8 Å². The van der Waals surface area contributed by atoms with E-state index in [1.807, 2.05) is 4.90 Å². The topological polar surface area (TPSA) is 59.1 Å². The Balaban J connectivity index is 1.71. The summed E-state index contributed by atoms with van der Waals surface area (Å²) in [6.07, 6.45) is 1.07. The van der Waals surface area contributed by atoms with Crippen LogP contribution in [0.3, 0.4) is 0 Å². The summed E-state index contributed by atoms with van der Waals surface area (Å²) in [7, 11) is 1.54. The van der Waals surface area contributed by atoms with Gasteiger partial charge in [0.25, 0.3) is 0 Å². The molecule has 2 amide bonds. The SMILES string of the molecule is COc1ccc(N2C[C@@H](C(=O)N3CCCOCC3)CC2=O)cc1Cl. The lowest BCUT2D eigenvalue weighted by molar-refractivity contribution is -0.135. The first-order valence-electron chi connectivity index (χ1n) is 8.10. The lowest BCUT2D eigenvalue weighted by Crippen LogP contribution is -2.39. The van der Waals surface area contributed by atoms with Crippen LogP contribution in [0, 0.1) is 5.92 Å². The number of carbonyl (C=O) groups is 2. The van der Waals surface area contributed by atoms with Gasteiger partial charge in [0.15, 0.2) is 0 Å². The van der Waals surface area contributed by atoms with E-state index in [1.54, 1.807) is 30.2 Å². The van der Waals surface area contributed by atoms with Crippen LogP contribution in [0.2, 0.25) is 5.02 Å². The number of amides is 2. The zero-order valence-electron chi connectivity index (χ0n) is 13.7. The second-order valence-electron chi connectivity index (χ2n) is 6.02. The Hall–Kier alpha value is -1.79. The molecule has 6 nitrogen and oxygen atoms in total. The molecule has 2 heterocycles. The maximum Gasteiger partial charge on any atom is 0.228 e. The van der Waals surface area contributed by atoms with E-state index in [0.717, 1.165) is 6.42 Å². The number of halogens is 1. The van der Waals surface area contributed by atoms with Crippen molar-refractivity contribution in [3.8, 4) is 5.75 Å². The number of carbonyl (C=O) groups excluding carboxylic acids is 2. The standard InChI is InChI=1S/C17H21ClN2O4/c1-23-15-4-3-13(10-14(15)18)20-11-12(9-16(20)21)17(22)19-5-2-7-24-8-6-19/h3-4,10,12H,2,5-9,11H2,1H3/t12-/m0/s1. The Morgan fingerprint density at radius 1 is 1.33 bits per heavy atom. The van der Waals surface area contributed by atoms with E-state index in [2.05, 4.69) is 0 Å². The molecular formula is C17H21ClN2O4. The Morgan fingerprint density at radius 2 is 2.17 bits per heavy atom. The smallest absolute Gasteiger partial charge is 0.228 e. The van der Waals surface area contributed by atoms with E-state index in [1.165, 1.54) is 0 Å². The maximum absolute atomic E-state index is 12.7. The van der Waals surface area contributed by atoms with Gasteiger partial charge < -0.3 is 19.3 Å². The van der Waals surface area contributed by atoms with Crippen molar-refractivity contribution in [2.75, 3.05) is 44.9 Å². The molecule has 1 aromatic rings. The Kier molecular flexibility index (Phi) is 5.26. The number of methoxy groups -OCH3 is 1. The minimum Gasteiger partial charge on any atom is -0.495 e. The molecule has 130 valence electrons. The van der Waals surface area contributed by atoms with E-state index in [4.69, 9.17) is 21.1 Å². The molecule has 2 aliphatic rings. The fraction of sp³-hybridized carbons (Fsp3) is 0.529. The van der Waals surface area contributed by atoms with Crippen molar-refractivity contribution in [3.63, 3.8) is 0 Å². The molecule has 0 spiro atoms. The molecule has 24 heavy (non-hydrogen) atoms. The van der Waals surface area contributed by atoms with Crippen molar-refractivity contribution in [2.24, 2.45) is 5.92 Å². The zero-order valence-corrected chi connectivity index (χ0v) is 14.4. The Morgan fingerprint density at radius 3 is 2.92 bits per heavy atom. The minimum atomic E-state index is -0.309. The van der Waals surface area contributed by atoms with Crippen molar-refractivity contribution < 1.29 is 19.1 Å². The van der Waals surface area contributed by atoms with Crippen LogP contribution in [0.25, 0.3) is 0 Å². The molecule has 2 saturated heterocycles. The average molecular weight is 353 g/mol. The summed E-state index contributed by atoms with van der Waals surface area (Å²) >= 11 is 6.14. The zero-order chi connectivity index (χ0) is 17.1. The van der Waals surface area contributed by atoms with E-state index in [-0.39, 0.29) is 24.2 Å². The summed E-state index contributed by atoms with van der Waals surface area (Å²) in [5.41, 5.74) is 0.695. The first-order chi connectivity index (χ1) is 11.6. The third kappa shape index (κ3) is 3.49. The molecule has 0 bridgehead atoms. The lowest BCUT2D eigenvalue weighted by atomic mass is 10.1. The Bertz CT molecular complexity index is 629. The van der Waals surface area contributed by atoms with Gasteiger partial charge >= 0.3 is 0 Å². The summed E-state index contributed by atoms with van der Waals surface area (Å²) in [4.78, 5) is 28.5. The number of ether oxygens (including phenoxy) is 2. The first-order valence-corrected chi connectivity index (χ1v) is 8.48. The number of nitrogens with zero attached hydrogens (tertiary/aromatic N) is 2. The predicted molar refractivity (Wildman–Crippen MR) is 90.5 cm³/mol. The van der Waals surface area contributed by atoms with Gasteiger partial charge in [0, 0.05) is 38.3 Å². The molecule has 3 rings (SSSR count). The molecule has 0 N–H and O–H groups in total. The highest BCUT2D eigenvalue weighted by Crippen LogP contribution is 2.32. The largest absolute Gasteiger partial charge is 0.495 e. The fourth-order valence-electron chi connectivity index (χ4n) is 3.17. The van der Waals surface area contributed by atoms with Crippen LogP contribution in [0.4, 0.5) is 5.69 Å². The fourth-order valence-corrected chi connectivity index (χ4v) is 3.42. The summed E-state index contributed by atoms with van der Waals surface area (Å²) in [5.74, 6) is 0.234. The van der Waals surface area contributed by atoms with Gasteiger partial charge in [-0.05, 0) is 24.6 Å². The van der Waals surface area contributed by atoms with Crippen LogP contribution in [0.1, 0.15) is 12.8 Å². The van der Waals surface area contributed by atoms with Crippen LogP contribution in [-0.4, -0.2) is 56.7 Å². The van der Waals surface area contributed by atoms with Crippen LogP contribution in [-0.2, 0) is 14.3 Å². The van der Waals surface area contributed by atoms with Crippen molar-refractivity contribution in [2.45, 2.75) is 12.8 Å². The normalized spacial score (nSPS) is 21.8. The first kappa shape index (κ1) is 17.0. The van der Waals surface area contributed by atoms with E-state index >= 15 is 0 Å². The van der Waals surface area contributed by atoms with Crippen LogP contribution < -0.4 is 9.64 Å². The highest BCUT2D eigenvalue weighted by molar-refractivity contribution is 6.32. The van der Waals surface area contributed by atoms with Crippen molar-refractivity contribution in [1.29, 1.82) is 0 Å². The van der Waals surface area contributed by atoms with Gasteiger partial charge in [-0.3, -0.25) is 9.59 Å². The van der Waals surface area contributed by atoms with Crippen molar-refractivity contribution >= 4 is 29.1 Å². The number of anilines is 1. The van der Waals surface area contributed by atoms with Gasteiger partial charge in [-0.2, -0.15) is 0 Å². The molecule has 1 aromatic carbocycles. The van der Waals surface area contributed by atoms with Gasteiger partial charge in [0.05, 0.1) is 24.7 Å². The summed E-state index contributed by atoms with van der Waals surface area (Å²) in [5, 5.41) is 0.447. The highest BCUT2D eigenvalue weighted by Gasteiger charge is 2.37.